The Hall–Kier alpha value is -3.36. The van der Waals surface area contributed by atoms with E-state index in [0.29, 0.717) is 10.9 Å². The highest BCUT2D eigenvalue weighted by atomic mass is 79.9. The lowest BCUT2D eigenvalue weighted by atomic mass is 9.96. The number of aromatic nitrogens is 2. The molecule has 3 heterocycles. The number of aryl methyl sites for hydroxylation is 1. The van der Waals surface area contributed by atoms with Crippen molar-refractivity contribution in [3.8, 4) is 17.2 Å². The number of pyridine rings is 1. The lowest BCUT2D eigenvalue weighted by molar-refractivity contribution is 0.394. The van der Waals surface area contributed by atoms with E-state index < -0.39 is 0 Å². The molecule has 184 valence electrons. The zero-order valence-electron chi connectivity index (χ0n) is 20.5. The van der Waals surface area contributed by atoms with Crippen molar-refractivity contribution in [3.05, 3.63) is 100 Å². The number of ether oxygens (including phenoxy) is 2. The molecule has 1 saturated heterocycles. The van der Waals surface area contributed by atoms with Gasteiger partial charge < -0.3 is 24.3 Å². The van der Waals surface area contributed by atoms with Crippen molar-refractivity contribution < 1.29 is 9.47 Å². The third kappa shape index (κ3) is 4.24. The van der Waals surface area contributed by atoms with E-state index in [1.807, 2.05) is 42.6 Å². The van der Waals surface area contributed by atoms with E-state index in [1.54, 1.807) is 14.2 Å². The Bertz CT molecular complexity index is 1410. The van der Waals surface area contributed by atoms with Crippen molar-refractivity contribution in [1.29, 1.82) is 0 Å². The van der Waals surface area contributed by atoms with Gasteiger partial charge in [-0.1, -0.05) is 22.0 Å². The predicted molar refractivity (Wildman–Crippen MR) is 150 cm³/mol. The molecular weight excluding hydrogens is 536 g/mol. The molecule has 0 bridgehead atoms. The number of benzene rings is 2. The average molecular weight is 564 g/mol. The van der Waals surface area contributed by atoms with E-state index in [9.17, 15) is 0 Å². The highest BCUT2D eigenvalue weighted by molar-refractivity contribution is 9.10. The van der Waals surface area contributed by atoms with Crippen molar-refractivity contribution in [1.82, 2.24) is 14.9 Å². The van der Waals surface area contributed by atoms with Crippen molar-refractivity contribution in [3.63, 3.8) is 0 Å². The monoisotopic (exact) mass is 562 g/mol. The van der Waals surface area contributed by atoms with Crippen LogP contribution in [0.3, 0.4) is 0 Å². The molecule has 2 aromatic heterocycles. The molecule has 0 saturated carbocycles. The minimum atomic E-state index is -0.149. The molecule has 36 heavy (non-hydrogen) atoms. The molecule has 4 aromatic rings. The van der Waals surface area contributed by atoms with Crippen molar-refractivity contribution >= 4 is 38.9 Å². The fourth-order valence-electron chi connectivity index (χ4n) is 4.99. The van der Waals surface area contributed by atoms with E-state index >= 15 is 0 Å². The Morgan fingerprint density at radius 3 is 2.42 bits per heavy atom. The van der Waals surface area contributed by atoms with E-state index in [-0.39, 0.29) is 12.1 Å². The lowest BCUT2D eigenvalue weighted by Crippen LogP contribution is -2.30. The molecule has 0 amide bonds. The van der Waals surface area contributed by atoms with Gasteiger partial charge in [0.25, 0.3) is 0 Å². The molecule has 0 unspecified atom stereocenters. The van der Waals surface area contributed by atoms with Gasteiger partial charge in [0.05, 0.1) is 37.7 Å². The summed E-state index contributed by atoms with van der Waals surface area (Å²) in [5.41, 5.74) is 6.35. The number of nitrogens with one attached hydrogen (secondary N) is 1. The Kier molecular flexibility index (Phi) is 6.73. The summed E-state index contributed by atoms with van der Waals surface area (Å²) >= 11 is 9.47. The second-order valence-electron chi connectivity index (χ2n) is 8.67. The van der Waals surface area contributed by atoms with Gasteiger partial charge in [-0.05, 0) is 86.2 Å². The summed E-state index contributed by atoms with van der Waals surface area (Å²) in [7, 11) is 3.31. The molecule has 1 aliphatic heterocycles. The highest BCUT2D eigenvalue weighted by Crippen LogP contribution is 2.46. The summed E-state index contributed by atoms with van der Waals surface area (Å²) < 4.78 is 14.5. The van der Waals surface area contributed by atoms with E-state index in [2.05, 4.69) is 79.9 Å². The summed E-state index contributed by atoms with van der Waals surface area (Å²) in [6.45, 7) is 4.29. The number of halogens is 1. The summed E-state index contributed by atoms with van der Waals surface area (Å²) in [5, 5.41) is 4.16. The van der Waals surface area contributed by atoms with Crippen LogP contribution in [-0.4, -0.2) is 28.9 Å². The number of hydrogen-bond acceptors (Lipinski definition) is 4. The largest absolute Gasteiger partial charge is 0.497 e. The Morgan fingerprint density at radius 1 is 0.972 bits per heavy atom. The minimum absolute atomic E-state index is 0.148. The topological polar surface area (TPSA) is 51.5 Å². The maximum Gasteiger partial charge on any atom is 0.174 e. The molecule has 0 spiro atoms. The fraction of sp³-hybridized carbons (Fsp3) is 0.214. The number of hydrogen-bond donors (Lipinski definition) is 1. The van der Waals surface area contributed by atoms with Gasteiger partial charge in [0.15, 0.2) is 5.11 Å². The zero-order chi connectivity index (χ0) is 25.4. The molecule has 0 radical (unpaired) electrons. The zero-order valence-corrected chi connectivity index (χ0v) is 22.9. The Morgan fingerprint density at radius 2 is 1.75 bits per heavy atom. The molecule has 0 aliphatic carbocycles. The predicted octanol–water partition coefficient (Wildman–Crippen LogP) is 6.45. The molecule has 8 heteroatoms. The first-order chi connectivity index (χ1) is 17.4. The minimum Gasteiger partial charge on any atom is -0.497 e. The Balaban J connectivity index is 1.69. The van der Waals surface area contributed by atoms with Gasteiger partial charge in [-0.15, -0.1) is 0 Å². The van der Waals surface area contributed by atoms with Crippen LogP contribution in [0.4, 0.5) is 5.69 Å². The number of thiocarbonyl (C=S) groups is 1. The van der Waals surface area contributed by atoms with Crippen LogP contribution in [0.2, 0.25) is 0 Å². The summed E-state index contributed by atoms with van der Waals surface area (Å²) in [6.07, 6.45) is 1.82. The molecule has 2 aromatic carbocycles. The maximum atomic E-state index is 5.92. The summed E-state index contributed by atoms with van der Waals surface area (Å²) in [6, 6.07) is 22.1. The van der Waals surface area contributed by atoms with Crippen LogP contribution in [0.1, 0.15) is 34.7 Å². The molecular formula is C28H27BrN4O2S. The van der Waals surface area contributed by atoms with Gasteiger partial charge in [-0.25, -0.2) is 0 Å². The van der Waals surface area contributed by atoms with Crippen LogP contribution in [-0.2, 0) is 0 Å². The van der Waals surface area contributed by atoms with Crippen molar-refractivity contribution in [2.24, 2.45) is 0 Å². The number of nitrogens with zero attached hydrogens (tertiary/aromatic N) is 3. The van der Waals surface area contributed by atoms with Crippen molar-refractivity contribution in [2.75, 3.05) is 19.1 Å². The second-order valence-corrected chi connectivity index (χ2v) is 9.98. The highest BCUT2D eigenvalue weighted by Gasteiger charge is 2.43. The third-order valence-corrected chi connectivity index (χ3v) is 7.46. The third-order valence-electron chi connectivity index (χ3n) is 6.62. The first-order valence-corrected chi connectivity index (χ1v) is 12.8. The van der Waals surface area contributed by atoms with Gasteiger partial charge in [0, 0.05) is 33.8 Å². The summed E-state index contributed by atoms with van der Waals surface area (Å²) in [5.74, 6) is 1.41. The van der Waals surface area contributed by atoms with Crippen LogP contribution in [0.5, 0.6) is 11.5 Å². The molecule has 2 atom stereocenters. The number of rotatable bonds is 6. The van der Waals surface area contributed by atoms with Gasteiger partial charge in [-0.3, -0.25) is 4.98 Å². The number of anilines is 1. The maximum absolute atomic E-state index is 5.92. The molecule has 1 aliphatic rings. The van der Waals surface area contributed by atoms with Crippen LogP contribution < -0.4 is 19.7 Å². The molecule has 1 N–H and O–H groups in total. The first kappa shape index (κ1) is 24.3. The summed E-state index contributed by atoms with van der Waals surface area (Å²) in [4.78, 5) is 6.82. The Labute approximate surface area is 225 Å². The number of methoxy groups -OCH3 is 2. The van der Waals surface area contributed by atoms with E-state index in [4.69, 9.17) is 21.7 Å². The van der Waals surface area contributed by atoms with Crippen LogP contribution in [0.25, 0.3) is 5.69 Å². The standard InChI is InChI=1S/C28H27BrN4O2S/c1-17-15-22(18(2)32(17)20-10-8-19(29)9-11-20)27-26(23-7-5-6-14-30-23)31-28(36)33(27)24-13-12-21(34-3)16-25(24)35-4/h5-16,26-27H,1-4H3,(H,31,36)/t26-,27+/m0/s1. The quantitative estimate of drug-likeness (QED) is 0.273. The smallest absolute Gasteiger partial charge is 0.174 e. The average Bonchev–Trinajstić information content (AvgIpc) is 3.39. The van der Waals surface area contributed by atoms with E-state index in [1.165, 1.54) is 0 Å². The van der Waals surface area contributed by atoms with Gasteiger partial charge >= 0.3 is 0 Å². The first-order valence-electron chi connectivity index (χ1n) is 11.6. The molecule has 5 rings (SSSR count). The van der Waals surface area contributed by atoms with Gasteiger partial charge in [-0.2, -0.15) is 0 Å². The van der Waals surface area contributed by atoms with Crippen molar-refractivity contribution in [2.45, 2.75) is 25.9 Å². The van der Waals surface area contributed by atoms with Crippen LogP contribution >= 0.6 is 28.1 Å². The van der Waals surface area contributed by atoms with Crippen LogP contribution in [0.15, 0.2) is 77.4 Å². The van der Waals surface area contributed by atoms with E-state index in [0.717, 1.165) is 44.2 Å². The molecule has 1 fully saturated rings. The SMILES string of the molecule is COc1ccc(N2C(=S)N[C@@H](c3ccccn3)[C@H]2c2cc(C)n(-c3ccc(Br)cc3)c2C)c(OC)c1. The molecule has 6 nitrogen and oxygen atoms in total. The van der Waals surface area contributed by atoms with Crippen LogP contribution in [0, 0.1) is 13.8 Å². The fourth-order valence-corrected chi connectivity index (χ4v) is 5.59. The lowest BCUT2D eigenvalue weighted by Gasteiger charge is -2.29. The van der Waals surface area contributed by atoms with Gasteiger partial charge in [0.2, 0.25) is 0 Å². The second kappa shape index (κ2) is 9.95. The normalized spacial score (nSPS) is 17.2. The van der Waals surface area contributed by atoms with Gasteiger partial charge in [0.1, 0.15) is 11.5 Å².